The molecule has 98 valence electrons. The van der Waals surface area contributed by atoms with Crippen molar-refractivity contribution in [3.8, 4) is 0 Å². The van der Waals surface area contributed by atoms with Gasteiger partial charge in [0, 0.05) is 18.3 Å². The third-order valence-electron chi connectivity index (χ3n) is 2.74. The zero-order valence-electron chi connectivity index (χ0n) is 10.5. The van der Waals surface area contributed by atoms with Gasteiger partial charge < -0.3 is 11.1 Å². The minimum atomic E-state index is -0.404. The molecule has 0 saturated carbocycles. The number of nitrogens with two attached hydrogens (primary N) is 1. The number of rotatable bonds is 3. The molecule has 0 atom stereocenters. The van der Waals surface area contributed by atoms with E-state index in [2.05, 4.69) is 10.3 Å². The number of nitrogens with zero attached hydrogens (tertiary/aromatic N) is 1. The van der Waals surface area contributed by atoms with Crippen LogP contribution in [0.3, 0.4) is 0 Å². The van der Waals surface area contributed by atoms with Gasteiger partial charge in [-0.05, 0) is 36.2 Å². The van der Waals surface area contributed by atoms with Crippen molar-refractivity contribution in [3.05, 3.63) is 59.0 Å². The molecule has 3 N–H and O–H groups in total. The smallest absolute Gasteiger partial charge is 0.256 e. The van der Waals surface area contributed by atoms with Gasteiger partial charge in [0.05, 0.1) is 0 Å². The zero-order chi connectivity index (χ0) is 13.8. The van der Waals surface area contributed by atoms with Crippen molar-refractivity contribution >= 4 is 11.7 Å². The number of anilines is 1. The van der Waals surface area contributed by atoms with Gasteiger partial charge in [-0.3, -0.25) is 4.79 Å². The van der Waals surface area contributed by atoms with Gasteiger partial charge in [0.25, 0.3) is 5.91 Å². The maximum atomic E-state index is 13.4. The number of benzene rings is 1. The molecule has 19 heavy (non-hydrogen) atoms. The van der Waals surface area contributed by atoms with Crippen LogP contribution in [0.4, 0.5) is 10.2 Å². The molecule has 1 heterocycles. The number of aromatic nitrogens is 1. The van der Waals surface area contributed by atoms with Gasteiger partial charge in [-0.15, -0.1) is 0 Å². The molecule has 2 aromatic rings. The molecule has 1 aromatic heterocycles. The Kier molecular flexibility index (Phi) is 3.87. The van der Waals surface area contributed by atoms with Crippen LogP contribution < -0.4 is 11.1 Å². The topological polar surface area (TPSA) is 68.0 Å². The standard InChI is InChI=1S/C14H14FN3O/c1-9-2-4-11(6-12(9)15)14(19)18-13-5-3-10(7-16)8-17-13/h2-6,8H,7,16H2,1H3,(H,17,18,19). The highest BCUT2D eigenvalue weighted by molar-refractivity contribution is 6.03. The molecule has 0 saturated heterocycles. The van der Waals surface area contributed by atoms with E-state index < -0.39 is 11.7 Å². The largest absolute Gasteiger partial charge is 0.326 e. The Labute approximate surface area is 110 Å². The number of carbonyl (C=O) groups excluding carboxylic acids is 1. The predicted molar refractivity (Wildman–Crippen MR) is 71.2 cm³/mol. The molecule has 1 amide bonds. The fourth-order valence-electron chi connectivity index (χ4n) is 1.54. The van der Waals surface area contributed by atoms with Gasteiger partial charge in [0.15, 0.2) is 0 Å². The van der Waals surface area contributed by atoms with Gasteiger partial charge in [-0.2, -0.15) is 0 Å². The molecule has 0 spiro atoms. The quantitative estimate of drug-likeness (QED) is 0.888. The van der Waals surface area contributed by atoms with Crippen molar-refractivity contribution in [3.63, 3.8) is 0 Å². The molecule has 5 heteroatoms. The Morgan fingerprint density at radius 3 is 2.74 bits per heavy atom. The number of aryl methyl sites for hydroxylation is 1. The van der Waals surface area contributed by atoms with Crippen LogP contribution in [0.15, 0.2) is 36.5 Å². The van der Waals surface area contributed by atoms with Crippen molar-refractivity contribution in [2.45, 2.75) is 13.5 Å². The van der Waals surface area contributed by atoms with Crippen molar-refractivity contribution in [1.29, 1.82) is 0 Å². The fourth-order valence-corrected chi connectivity index (χ4v) is 1.54. The minimum Gasteiger partial charge on any atom is -0.326 e. The van der Waals surface area contributed by atoms with Crippen LogP contribution in [0.25, 0.3) is 0 Å². The van der Waals surface area contributed by atoms with Crippen LogP contribution >= 0.6 is 0 Å². The molecule has 2 rings (SSSR count). The van der Waals surface area contributed by atoms with Gasteiger partial charge in [-0.25, -0.2) is 9.37 Å². The van der Waals surface area contributed by atoms with Crippen LogP contribution in [-0.4, -0.2) is 10.9 Å². The van der Waals surface area contributed by atoms with E-state index in [4.69, 9.17) is 5.73 Å². The molecular weight excluding hydrogens is 245 g/mol. The van der Waals surface area contributed by atoms with E-state index in [1.54, 1.807) is 37.4 Å². The van der Waals surface area contributed by atoms with Gasteiger partial charge in [0.1, 0.15) is 11.6 Å². The minimum absolute atomic E-state index is 0.257. The first kappa shape index (κ1) is 13.2. The van der Waals surface area contributed by atoms with E-state index in [9.17, 15) is 9.18 Å². The number of carbonyl (C=O) groups is 1. The number of halogens is 1. The molecule has 0 aliphatic carbocycles. The Morgan fingerprint density at radius 2 is 2.16 bits per heavy atom. The summed E-state index contributed by atoms with van der Waals surface area (Å²) in [7, 11) is 0. The van der Waals surface area contributed by atoms with E-state index in [-0.39, 0.29) is 5.56 Å². The number of pyridine rings is 1. The van der Waals surface area contributed by atoms with E-state index >= 15 is 0 Å². The molecule has 0 aliphatic heterocycles. The highest BCUT2D eigenvalue weighted by atomic mass is 19.1. The van der Waals surface area contributed by atoms with Gasteiger partial charge >= 0.3 is 0 Å². The monoisotopic (exact) mass is 259 g/mol. The van der Waals surface area contributed by atoms with E-state index in [0.717, 1.165) is 5.56 Å². The summed E-state index contributed by atoms with van der Waals surface area (Å²) in [6.07, 6.45) is 1.59. The highest BCUT2D eigenvalue weighted by Gasteiger charge is 2.09. The average Bonchev–Trinajstić information content (AvgIpc) is 2.42. The summed E-state index contributed by atoms with van der Waals surface area (Å²) in [5.41, 5.74) is 7.09. The predicted octanol–water partition coefficient (Wildman–Crippen LogP) is 2.24. The summed E-state index contributed by atoms with van der Waals surface area (Å²) in [5, 5.41) is 2.60. The second kappa shape index (κ2) is 5.58. The summed E-state index contributed by atoms with van der Waals surface area (Å²) in [6, 6.07) is 7.78. The first-order valence-corrected chi connectivity index (χ1v) is 5.82. The van der Waals surface area contributed by atoms with Crippen LogP contribution in [0.1, 0.15) is 21.5 Å². The first-order valence-electron chi connectivity index (χ1n) is 5.82. The Morgan fingerprint density at radius 1 is 1.37 bits per heavy atom. The molecule has 0 aliphatic rings. The normalized spacial score (nSPS) is 10.3. The van der Waals surface area contributed by atoms with Crippen LogP contribution in [0, 0.1) is 12.7 Å². The van der Waals surface area contributed by atoms with Crippen molar-refractivity contribution in [1.82, 2.24) is 4.98 Å². The van der Waals surface area contributed by atoms with E-state index in [0.29, 0.717) is 17.9 Å². The lowest BCUT2D eigenvalue weighted by atomic mass is 10.1. The molecule has 0 bridgehead atoms. The number of nitrogens with one attached hydrogen (secondary N) is 1. The van der Waals surface area contributed by atoms with Crippen molar-refractivity contribution in [2.75, 3.05) is 5.32 Å². The zero-order valence-corrected chi connectivity index (χ0v) is 10.5. The lowest BCUT2D eigenvalue weighted by Crippen LogP contribution is -2.13. The maximum absolute atomic E-state index is 13.4. The summed E-state index contributed by atoms with van der Waals surface area (Å²) in [5.74, 6) is -0.394. The van der Waals surface area contributed by atoms with E-state index in [1.807, 2.05) is 0 Å². The molecule has 0 unspecified atom stereocenters. The summed E-state index contributed by atoms with van der Waals surface area (Å²) >= 11 is 0. The number of hydrogen-bond acceptors (Lipinski definition) is 3. The van der Waals surface area contributed by atoms with Crippen LogP contribution in [0.5, 0.6) is 0 Å². The number of amides is 1. The highest BCUT2D eigenvalue weighted by Crippen LogP contribution is 2.11. The average molecular weight is 259 g/mol. The molecule has 0 radical (unpaired) electrons. The lowest BCUT2D eigenvalue weighted by molar-refractivity contribution is 0.102. The Bertz CT molecular complexity index is 596. The lowest BCUT2D eigenvalue weighted by Gasteiger charge is -2.06. The Balaban J connectivity index is 2.13. The maximum Gasteiger partial charge on any atom is 0.256 e. The fraction of sp³-hybridized carbons (Fsp3) is 0.143. The molecule has 4 nitrogen and oxygen atoms in total. The Hall–Kier alpha value is -2.27. The molecule has 0 fully saturated rings. The molecule has 1 aromatic carbocycles. The van der Waals surface area contributed by atoms with Gasteiger partial charge in [-0.1, -0.05) is 12.1 Å². The van der Waals surface area contributed by atoms with Crippen LogP contribution in [0.2, 0.25) is 0 Å². The number of hydrogen-bond donors (Lipinski definition) is 2. The second-order valence-electron chi connectivity index (χ2n) is 4.17. The SMILES string of the molecule is Cc1ccc(C(=O)Nc2ccc(CN)cn2)cc1F. The molecular formula is C14H14FN3O. The second-order valence-corrected chi connectivity index (χ2v) is 4.17. The summed E-state index contributed by atoms with van der Waals surface area (Å²) < 4.78 is 13.4. The third-order valence-corrected chi connectivity index (χ3v) is 2.74. The van der Waals surface area contributed by atoms with Gasteiger partial charge in [0.2, 0.25) is 0 Å². The van der Waals surface area contributed by atoms with Crippen molar-refractivity contribution < 1.29 is 9.18 Å². The summed E-state index contributed by atoms with van der Waals surface area (Å²) in [4.78, 5) is 15.9. The summed E-state index contributed by atoms with van der Waals surface area (Å²) in [6.45, 7) is 2.04. The first-order chi connectivity index (χ1) is 9.10. The van der Waals surface area contributed by atoms with Crippen molar-refractivity contribution in [2.24, 2.45) is 5.73 Å². The third kappa shape index (κ3) is 3.14. The van der Waals surface area contributed by atoms with Crippen LogP contribution in [-0.2, 0) is 6.54 Å². The van der Waals surface area contributed by atoms with E-state index in [1.165, 1.54) is 6.07 Å².